The van der Waals surface area contributed by atoms with Gasteiger partial charge in [-0.15, -0.1) is 0 Å². The predicted octanol–water partition coefficient (Wildman–Crippen LogP) is 4.07. The number of carbonyl (C=O) groups is 2. The number of rotatable bonds is 5. The third-order valence-corrected chi connectivity index (χ3v) is 5.26. The maximum absolute atomic E-state index is 12.5. The van der Waals surface area contributed by atoms with Gasteiger partial charge in [-0.05, 0) is 30.5 Å². The lowest BCUT2D eigenvalue weighted by Gasteiger charge is -2.27. The molecule has 2 atom stereocenters. The van der Waals surface area contributed by atoms with E-state index in [9.17, 15) is 14.7 Å². The van der Waals surface area contributed by atoms with Crippen LogP contribution in [0.4, 0.5) is 5.69 Å². The Morgan fingerprint density at radius 3 is 2.65 bits per heavy atom. The van der Waals surface area contributed by atoms with E-state index in [1.54, 1.807) is 29.2 Å². The van der Waals surface area contributed by atoms with Crippen LogP contribution in [0.1, 0.15) is 31.2 Å². The van der Waals surface area contributed by atoms with Crippen molar-refractivity contribution in [3.05, 3.63) is 46.2 Å². The topological polar surface area (TPSA) is 84.2 Å². The number of aromatic nitrogens is 2. The Balaban J connectivity index is 1.66. The number of anilines is 1. The fourth-order valence-corrected chi connectivity index (χ4v) is 3.78. The molecular formula is C18H19Cl2N3O3. The first-order chi connectivity index (χ1) is 12.4. The van der Waals surface area contributed by atoms with Gasteiger partial charge in [-0.2, -0.15) is 5.10 Å². The average Bonchev–Trinajstić information content (AvgIpc) is 3.04. The van der Waals surface area contributed by atoms with Gasteiger partial charge in [0.05, 0.1) is 30.3 Å². The van der Waals surface area contributed by atoms with Crippen molar-refractivity contribution >= 4 is 40.8 Å². The van der Waals surface area contributed by atoms with Crippen LogP contribution in [0, 0.1) is 11.8 Å². The number of amides is 1. The number of nitrogens with one attached hydrogen (secondary N) is 1. The van der Waals surface area contributed by atoms with Gasteiger partial charge in [-0.1, -0.05) is 42.1 Å². The summed E-state index contributed by atoms with van der Waals surface area (Å²) in [6, 6.07) is 5.24. The molecule has 1 aromatic carbocycles. The molecule has 1 heterocycles. The SMILES string of the molecule is O=C(Nc1cnn(Cc2ccc(Cl)cc2Cl)c1)[C@H]1CCCC[C@H]1C(=O)O. The fraction of sp³-hybridized carbons (Fsp3) is 0.389. The van der Waals surface area contributed by atoms with E-state index >= 15 is 0 Å². The van der Waals surface area contributed by atoms with E-state index in [0.717, 1.165) is 18.4 Å². The van der Waals surface area contributed by atoms with Crippen molar-refractivity contribution in [2.24, 2.45) is 11.8 Å². The molecule has 2 N–H and O–H groups in total. The number of halogens is 2. The van der Waals surface area contributed by atoms with Crippen LogP contribution in [-0.2, 0) is 16.1 Å². The first-order valence-corrected chi connectivity index (χ1v) is 9.19. The summed E-state index contributed by atoms with van der Waals surface area (Å²) in [5.41, 5.74) is 1.39. The van der Waals surface area contributed by atoms with E-state index in [4.69, 9.17) is 23.2 Å². The zero-order valence-corrected chi connectivity index (χ0v) is 15.5. The predicted molar refractivity (Wildman–Crippen MR) is 99.5 cm³/mol. The summed E-state index contributed by atoms with van der Waals surface area (Å²) in [6.45, 7) is 0.438. The number of hydrogen-bond acceptors (Lipinski definition) is 3. The van der Waals surface area contributed by atoms with E-state index in [2.05, 4.69) is 10.4 Å². The van der Waals surface area contributed by atoms with Crippen molar-refractivity contribution in [1.82, 2.24) is 9.78 Å². The summed E-state index contributed by atoms with van der Waals surface area (Å²) >= 11 is 12.1. The minimum atomic E-state index is -0.905. The molecule has 3 rings (SSSR count). The van der Waals surface area contributed by atoms with Gasteiger partial charge in [0, 0.05) is 16.2 Å². The van der Waals surface area contributed by atoms with Gasteiger partial charge in [0.2, 0.25) is 5.91 Å². The molecule has 2 aromatic rings. The molecule has 0 spiro atoms. The van der Waals surface area contributed by atoms with Crippen LogP contribution in [0.25, 0.3) is 0 Å². The fourth-order valence-electron chi connectivity index (χ4n) is 3.31. The van der Waals surface area contributed by atoms with E-state index in [-0.39, 0.29) is 5.91 Å². The molecule has 0 aliphatic heterocycles. The van der Waals surface area contributed by atoms with Gasteiger partial charge in [0.1, 0.15) is 0 Å². The normalized spacial score (nSPS) is 19.9. The molecule has 1 aliphatic carbocycles. The smallest absolute Gasteiger partial charge is 0.307 e. The molecule has 0 bridgehead atoms. The van der Waals surface area contributed by atoms with Crippen LogP contribution in [0.3, 0.4) is 0 Å². The zero-order valence-electron chi connectivity index (χ0n) is 14.0. The Labute approximate surface area is 161 Å². The molecule has 26 heavy (non-hydrogen) atoms. The van der Waals surface area contributed by atoms with Crippen molar-refractivity contribution in [3.8, 4) is 0 Å². The minimum absolute atomic E-state index is 0.263. The molecule has 0 radical (unpaired) electrons. The molecule has 0 unspecified atom stereocenters. The van der Waals surface area contributed by atoms with Gasteiger partial charge in [-0.25, -0.2) is 0 Å². The number of carboxylic acid groups (broad SMARTS) is 1. The van der Waals surface area contributed by atoms with Crippen molar-refractivity contribution in [3.63, 3.8) is 0 Å². The third kappa shape index (κ3) is 4.37. The largest absolute Gasteiger partial charge is 0.481 e. The molecule has 1 fully saturated rings. The first-order valence-electron chi connectivity index (χ1n) is 8.44. The maximum Gasteiger partial charge on any atom is 0.307 e. The highest BCUT2D eigenvalue weighted by molar-refractivity contribution is 6.35. The third-order valence-electron chi connectivity index (χ3n) is 4.67. The number of carbonyl (C=O) groups excluding carboxylic acids is 1. The molecule has 1 aromatic heterocycles. The van der Waals surface area contributed by atoms with Crippen molar-refractivity contribution in [1.29, 1.82) is 0 Å². The van der Waals surface area contributed by atoms with Crippen LogP contribution in [0.15, 0.2) is 30.6 Å². The highest BCUT2D eigenvalue weighted by Crippen LogP contribution is 2.31. The monoisotopic (exact) mass is 395 g/mol. The number of aliphatic carboxylic acids is 1. The molecule has 0 saturated heterocycles. The van der Waals surface area contributed by atoms with Gasteiger partial charge < -0.3 is 10.4 Å². The van der Waals surface area contributed by atoms with Gasteiger partial charge in [0.25, 0.3) is 0 Å². The lowest BCUT2D eigenvalue weighted by atomic mass is 9.78. The lowest BCUT2D eigenvalue weighted by Crippen LogP contribution is -2.35. The molecular weight excluding hydrogens is 377 g/mol. The van der Waals surface area contributed by atoms with E-state index < -0.39 is 17.8 Å². The quantitative estimate of drug-likeness (QED) is 0.798. The summed E-state index contributed by atoms with van der Waals surface area (Å²) in [5.74, 6) is -2.29. The van der Waals surface area contributed by atoms with E-state index in [1.165, 1.54) is 0 Å². The number of nitrogens with zero attached hydrogens (tertiary/aromatic N) is 2. The van der Waals surface area contributed by atoms with Crippen LogP contribution in [-0.4, -0.2) is 26.8 Å². The average molecular weight is 396 g/mol. The highest BCUT2D eigenvalue weighted by Gasteiger charge is 2.35. The Kier molecular flexibility index (Phi) is 5.84. The minimum Gasteiger partial charge on any atom is -0.481 e. The second-order valence-corrected chi connectivity index (χ2v) is 7.33. The summed E-state index contributed by atoms with van der Waals surface area (Å²) < 4.78 is 1.65. The zero-order chi connectivity index (χ0) is 18.7. The number of benzene rings is 1. The summed E-state index contributed by atoms with van der Waals surface area (Å²) in [5, 5.41) is 17.4. The summed E-state index contributed by atoms with van der Waals surface area (Å²) in [7, 11) is 0. The van der Waals surface area contributed by atoms with Crippen molar-refractivity contribution in [2.45, 2.75) is 32.2 Å². The molecule has 1 amide bonds. The Morgan fingerprint density at radius 2 is 1.96 bits per heavy atom. The van der Waals surface area contributed by atoms with Crippen molar-refractivity contribution < 1.29 is 14.7 Å². The van der Waals surface area contributed by atoms with Gasteiger partial charge in [0.15, 0.2) is 0 Å². The summed E-state index contributed by atoms with van der Waals surface area (Å²) in [6.07, 6.45) is 6.09. The lowest BCUT2D eigenvalue weighted by molar-refractivity contribution is -0.147. The Bertz CT molecular complexity index is 822. The van der Waals surface area contributed by atoms with E-state index in [0.29, 0.717) is 35.1 Å². The summed E-state index contributed by atoms with van der Waals surface area (Å²) in [4.78, 5) is 23.9. The second kappa shape index (κ2) is 8.10. The van der Waals surface area contributed by atoms with Crippen LogP contribution >= 0.6 is 23.2 Å². The Hall–Kier alpha value is -2.05. The molecule has 6 nitrogen and oxygen atoms in total. The highest BCUT2D eigenvalue weighted by atomic mass is 35.5. The Morgan fingerprint density at radius 1 is 1.23 bits per heavy atom. The second-order valence-electron chi connectivity index (χ2n) is 6.49. The van der Waals surface area contributed by atoms with Crippen LogP contribution in [0.5, 0.6) is 0 Å². The molecule has 138 valence electrons. The molecule has 1 saturated carbocycles. The van der Waals surface area contributed by atoms with Crippen LogP contribution in [0.2, 0.25) is 10.0 Å². The number of carboxylic acids is 1. The number of hydrogen-bond donors (Lipinski definition) is 2. The van der Waals surface area contributed by atoms with Gasteiger partial charge >= 0.3 is 5.97 Å². The van der Waals surface area contributed by atoms with E-state index in [1.807, 2.05) is 6.07 Å². The van der Waals surface area contributed by atoms with Crippen LogP contribution < -0.4 is 5.32 Å². The standard InChI is InChI=1S/C18H19Cl2N3O3/c19-12-6-5-11(16(20)7-12)9-23-10-13(8-21-23)22-17(24)14-3-1-2-4-15(14)18(25)26/h5-8,10,14-15H,1-4,9H2,(H,22,24)(H,25,26)/t14-,15+/m0/s1. The maximum atomic E-state index is 12.5. The van der Waals surface area contributed by atoms with Crippen molar-refractivity contribution in [2.75, 3.05) is 5.32 Å². The molecule has 1 aliphatic rings. The van der Waals surface area contributed by atoms with Gasteiger partial charge in [-0.3, -0.25) is 14.3 Å². The molecule has 8 heteroatoms. The first kappa shape index (κ1) is 18.7.